The Morgan fingerprint density at radius 3 is 2.78 bits per heavy atom. The number of aromatic nitrogens is 2. The lowest BCUT2D eigenvalue weighted by Gasteiger charge is -2.38. The van der Waals surface area contributed by atoms with Gasteiger partial charge in [-0.1, -0.05) is 13.0 Å². The van der Waals surface area contributed by atoms with Gasteiger partial charge >= 0.3 is 0 Å². The number of hydrogen-bond donors (Lipinski definition) is 3. The van der Waals surface area contributed by atoms with Crippen LogP contribution in [0.5, 0.6) is 5.75 Å². The number of pyridine rings is 1. The molecule has 1 spiro atoms. The summed E-state index contributed by atoms with van der Waals surface area (Å²) in [6, 6.07) is 9.76. The highest BCUT2D eigenvalue weighted by Gasteiger charge is 2.44. The SMILES string of the molecule is CCS(=O)(=O)c1cccc(OC[C@@H](O)CN[C@H]2COC3(CCN(S(=O)(=O)c4cnc5[nH]cc(C#N)c5c4)CC3)C2)c1. The van der Waals surface area contributed by atoms with Crippen molar-refractivity contribution in [2.24, 2.45) is 0 Å². The number of aliphatic hydroxyl groups is 1. The van der Waals surface area contributed by atoms with Crippen molar-refractivity contribution in [1.29, 1.82) is 5.26 Å². The van der Waals surface area contributed by atoms with Crippen LogP contribution >= 0.6 is 0 Å². The minimum Gasteiger partial charge on any atom is -0.491 e. The van der Waals surface area contributed by atoms with Gasteiger partial charge in [0.2, 0.25) is 10.0 Å². The number of sulfone groups is 1. The van der Waals surface area contributed by atoms with E-state index in [4.69, 9.17) is 9.47 Å². The molecule has 220 valence electrons. The van der Waals surface area contributed by atoms with E-state index in [1.165, 1.54) is 34.9 Å². The first-order chi connectivity index (χ1) is 19.5. The first-order valence-corrected chi connectivity index (χ1v) is 16.5. The van der Waals surface area contributed by atoms with Gasteiger partial charge in [0.1, 0.15) is 35.1 Å². The molecule has 2 aromatic heterocycles. The first-order valence-electron chi connectivity index (χ1n) is 13.4. The predicted molar refractivity (Wildman–Crippen MR) is 150 cm³/mol. The van der Waals surface area contributed by atoms with Gasteiger partial charge in [-0.25, -0.2) is 21.8 Å². The lowest BCUT2D eigenvalue weighted by atomic mass is 9.88. The average molecular weight is 604 g/mol. The summed E-state index contributed by atoms with van der Waals surface area (Å²) in [5.74, 6) is 0.367. The summed E-state index contributed by atoms with van der Waals surface area (Å²) in [6.45, 7) is 2.88. The average Bonchev–Trinajstić information content (AvgIpc) is 3.58. The maximum absolute atomic E-state index is 13.3. The minimum absolute atomic E-state index is 0.00423. The highest BCUT2D eigenvalue weighted by Crippen LogP contribution is 2.37. The van der Waals surface area contributed by atoms with Crippen LogP contribution in [0.3, 0.4) is 0 Å². The van der Waals surface area contributed by atoms with Gasteiger partial charge in [-0.05, 0) is 43.5 Å². The Morgan fingerprint density at radius 2 is 2.05 bits per heavy atom. The van der Waals surface area contributed by atoms with Gasteiger partial charge in [-0.3, -0.25) is 0 Å². The van der Waals surface area contributed by atoms with Gasteiger partial charge < -0.3 is 24.9 Å². The Morgan fingerprint density at radius 1 is 1.27 bits per heavy atom. The van der Waals surface area contributed by atoms with Crippen LogP contribution in [-0.4, -0.2) is 92.6 Å². The Hall–Kier alpha value is -3.06. The lowest BCUT2D eigenvalue weighted by molar-refractivity contribution is -0.0312. The summed E-state index contributed by atoms with van der Waals surface area (Å²) in [5, 5.41) is 23.5. The van der Waals surface area contributed by atoms with E-state index in [2.05, 4.69) is 15.3 Å². The predicted octanol–water partition coefficient (Wildman–Crippen LogP) is 1.57. The van der Waals surface area contributed by atoms with Crippen molar-refractivity contribution in [2.45, 2.75) is 53.7 Å². The molecule has 12 nitrogen and oxygen atoms in total. The zero-order valence-corrected chi connectivity index (χ0v) is 24.2. The molecular weight excluding hydrogens is 570 g/mol. The molecule has 4 heterocycles. The zero-order valence-electron chi connectivity index (χ0n) is 22.6. The highest BCUT2D eigenvalue weighted by molar-refractivity contribution is 7.91. The number of H-pyrrole nitrogens is 1. The quantitative estimate of drug-likeness (QED) is 0.308. The third-order valence-corrected chi connectivity index (χ3v) is 11.3. The summed E-state index contributed by atoms with van der Waals surface area (Å²) in [7, 11) is -7.13. The molecule has 2 fully saturated rings. The number of sulfonamides is 1. The van der Waals surface area contributed by atoms with E-state index in [1.807, 2.05) is 6.07 Å². The second-order valence-electron chi connectivity index (χ2n) is 10.4. The summed E-state index contributed by atoms with van der Waals surface area (Å²) in [4.78, 5) is 7.28. The van der Waals surface area contributed by atoms with Crippen LogP contribution in [0.2, 0.25) is 0 Å². The number of ether oxygens (including phenoxy) is 2. The fourth-order valence-electron chi connectivity index (χ4n) is 5.30. The van der Waals surface area contributed by atoms with Crippen molar-refractivity contribution in [1.82, 2.24) is 19.6 Å². The second-order valence-corrected chi connectivity index (χ2v) is 14.6. The van der Waals surface area contributed by atoms with E-state index in [0.29, 0.717) is 61.3 Å². The smallest absolute Gasteiger partial charge is 0.244 e. The Balaban J connectivity index is 1.10. The van der Waals surface area contributed by atoms with Crippen LogP contribution < -0.4 is 10.1 Å². The van der Waals surface area contributed by atoms with Crippen molar-refractivity contribution >= 4 is 30.9 Å². The largest absolute Gasteiger partial charge is 0.491 e. The highest BCUT2D eigenvalue weighted by atomic mass is 32.2. The molecule has 5 rings (SSSR count). The molecule has 41 heavy (non-hydrogen) atoms. The molecule has 3 N–H and O–H groups in total. The van der Waals surface area contributed by atoms with Crippen LogP contribution in [-0.2, 0) is 24.6 Å². The molecule has 14 heteroatoms. The third kappa shape index (κ3) is 6.25. The fraction of sp³-hybridized carbons (Fsp3) is 0.481. The summed E-state index contributed by atoms with van der Waals surface area (Å²) < 4.78 is 64.0. The summed E-state index contributed by atoms with van der Waals surface area (Å²) in [5.41, 5.74) is 0.366. The zero-order chi connectivity index (χ0) is 29.3. The standard InChI is InChI=1S/C27H33N5O7S2/c1-2-40(34,35)23-5-3-4-22(10-23)38-18-21(33)15-29-20-12-27(39-17-20)6-8-32(9-7-27)41(36,37)24-11-25-19(13-28)14-30-26(25)31-16-24/h3-5,10-11,14,16,20-21,29,33H,2,6-9,12,15,17-18H2,1H3,(H,30,31)/t20-,21+/m1/s1. The third-order valence-electron chi connectivity index (χ3n) is 7.74. The van der Waals surface area contributed by atoms with Crippen LogP contribution in [0.25, 0.3) is 11.0 Å². The van der Waals surface area contributed by atoms with E-state index in [9.17, 15) is 27.2 Å². The van der Waals surface area contributed by atoms with Crippen molar-refractivity contribution in [3.8, 4) is 11.8 Å². The molecule has 0 radical (unpaired) electrons. The lowest BCUT2D eigenvalue weighted by Crippen LogP contribution is -2.47. The van der Waals surface area contributed by atoms with Crippen molar-refractivity contribution in [2.75, 3.05) is 38.6 Å². The Kier molecular flexibility index (Phi) is 8.38. The number of hydrogen-bond acceptors (Lipinski definition) is 10. The van der Waals surface area contributed by atoms with E-state index in [-0.39, 0.29) is 34.7 Å². The second kappa shape index (κ2) is 11.7. The molecule has 0 aliphatic carbocycles. The molecule has 0 bridgehead atoms. The fourth-order valence-corrected chi connectivity index (χ4v) is 7.63. The van der Waals surface area contributed by atoms with Gasteiger partial charge in [0.05, 0.1) is 28.4 Å². The number of fused-ring (bicyclic) bond motifs is 1. The Labute approximate surface area is 239 Å². The molecule has 0 saturated carbocycles. The molecule has 2 saturated heterocycles. The van der Waals surface area contributed by atoms with Crippen LogP contribution in [0.4, 0.5) is 0 Å². The molecule has 0 amide bonds. The summed E-state index contributed by atoms with van der Waals surface area (Å²) >= 11 is 0. The van der Waals surface area contributed by atoms with Gasteiger partial charge in [-0.2, -0.15) is 9.57 Å². The topological polar surface area (TPSA) is 175 Å². The normalized spacial score (nSPS) is 20.3. The van der Waals surface area contributed by atoms with E-state index in [1.54, 1.807) is 19.1 Å². The number of rotatable bonds is 10. The number of nitriles is 1. The monoisotopic (exact) mass is 603 g/mol. The number of piperidine rings is 1. The molecular formula is C27H33N5O7S2. The van der Waals surface area contributed by atoms with Gasteiger partial charge in [0.15, 0.2) is 9.84 Å². The molecule has 3 aromatic rings. The van der Waals surface area contributed by atoms with E-state index in [0.717, 1.165) is 0 Å². The van der Waals surface area contributed by atoms with E-state index < -0.39 is 31.6 Å². The molecule has 2 aliphatic heterocycles. The molecule has 1 aromatic carbocycles. The van der Waals surface area contributed by atoms with Gasteiger partial charge in [0.25, 0.3) is 0 Å². The van der Waals surface area contributed by atoms with Crippen LogP contribution in [0, 0.1) is 11.3 Å². The van der Waals surface area contributed by atoms with Gasteiger partial charge in [0, 0.05) is 43.5 Å². The number of nitrogens with one attached hydrogen (secondary N) is 2. The number of nitrogens with zero attached hydrogens (tertiary/aromatic N) is 3. The van der Waals surface area contributed by atoms with Crippen molar-refractivity contribution < 1.29 is 31.4 Å². The number of aliphatic hydroxyl groups excluding tert-OH is 1. The first kappa shape index (κ1) is 29.4. The van der Waals surface area contributed by atoms with Crippen LogP contribution in [0.1, 0.15) is 31.7 Å². The minimum atomic E-state index is -3.78. The molecule has 2 aliphatic rings. The molecule has 2 atom stereocenters. The van der Waals surface area contributed by atoms with Gasteiger partial charge in [-0.15, -0.1) is 0 Å². The van der Waals surface area contributed by atoms with Crippen LogP contribution in [0.15, 0.2) is 52.5 Å². The number of benzene rings is 1. The number of aromatic amines is 1. The Bertz CT molecular complexity index is 1660. The summed E-state index contributed by atoms with van der Waals surface area (Å²) in [6.07, 6.45) is 3.76. The molecule has 0 unspecified atom stereocenters. The van der Waals surface area contributed by atoms with E-state index >= 15 is 0 Å². The van der Waals surface area contributed by atoms with Crippen molar-refractivity contribution in [3.05, 3.63) is 48.3 Å². The maximum atomic E-state index is 13.3. The van der Waals surface area contributed by atoms with Crippen molar-refractivity contribution in [3.63, 3.8) is 0 Å². The maximum Gasteiger partial charge on any atom is 0.244 e.